The molecule has 1 unspecified atom stereocenters. The van der Waals surface area contributed by atoms with E-state index in [0.717, 1.165) is 6.54 Å². The predicted molar refractivity (Wildman–Crippen MR) is 25.8 cm³/mol. The SMILES string of the molecule is [CH2-]C1[CH-]N(C)C1.[Y].[Y]. The Balaban J connectivity index is 0. The average Bonchev–Trinajstić information content (AvgIpc) is 1.33. The van der Waals surface area contributed by atoms with E-state index in [0.29, 0.717) is 5.92 Å². The van der Waals surface area contributed by atoms with E-state index >= 15 is 0 Å². The minimum absolute atomic E-state index is 0. The second-order valence-electron chi connectivity index (χ2n) is 1.85. The fourth-order valence-corrected chi connectivity index (χ4v) is 0.700. The number of rotatable bonds is 0. The number of likely N-dealkylation sites (tertiary alicyclic amines) is 1. The molecule has 2 radical (unpaired) electrons. The first-order valence-electron chi connectivity index (χ1n) is 2.17. The third kappa shape index (κ3) is 4.06. The van der Waals surface area contributed by atoms with Crippen LogP contribution in [0.1, 0.15) is 0 Å². The van der Waals surface area contributed by atoms with Crippen LogP contribution in [0.4, 0.5) is 0 Å². The molecule has 1 fully saturated rings. The molecule has 0 aromatic carbocycles. The van der Waals surface area contributed by atoms with Gasteiger partial charge in [0.25, 0.3) is 0 Å². The Hall–Kier alpha value is 2.17. The van der Waals surface area contributed by atoms with Gasteiger partial charge in [-0.3, -0.25) is 12.5 Å². The molecule has 42 valence electrons. The van der Waals surface area contributed by atoms with Crippen LogP contribution in [-0.4, -0.2) is 18.5 Å². The molecule has 1 aliphatic heterocycles. The molecule has 0 N–H and O–H groups in total. The Bertz CT molecular complexity index is 46.4. The standard InChI is InChI=1S/C5H9N.2Y/c1-5-3-6(2)4-5;;/h3,5H,1,4H2,2H3;;/q-2;;. The van der Waals surface area contributed by atoms with E-state index in [2.05, 4.69) is 25.4 Å². The largest absolute Gasteiger partial charge is 0.465 e. The molecule has 1 rings (SSSR count). The molecular formula is C5H9NY2-2. The molecule has 0 aromatic heterocycles. The van der Waals surface area contributed by atoms with Crippen molar-refractivity contribution in [3.63, 3.8) is 0 Å². The summed E-state index contributed by atoms with van der Waals surface area (Å²) in [6.07, 6.45) is 0. The number of nitrogens with zero attached hydrogens (tertiary/aromatic N) is 1. The second-order valence-corrected chi connectivity index (χ2v) is 1.85. The van der Waals surface area contributed by atoms with Crippen LogP contribution in [0, 0.1) is 19.4 Å². The summed E-state index contributed by atoms with van der Waals surface area (Å²) in [5, 5.41) is 0. The second kappa shape index (κ2) is 5.92. The molecule has 0 aromatic rings. The van der Waals surface area contributed by atoms with E-state index < -0.39 is 0 Å². The zero-order valence-electron chi connectivity index (χ0n) is 5.17. The minimum atomic E-state index is 0. The fraction of sp³-hybridized carbons (Fsp3) is 0.600. The van der Waals surface area contributed by atoms with Gasteiger partial charge < -0.3 is 11.8 Å². The van der Waals surface area contributed by atoms with Crippen LogP contribution in [0.3, 0.4) is 0 Å². The number of hydrogen-bond acceptors (Lipinski definition) is 1. The quantitative estimate of drug-likeness (QED) is 0.575. The summed E-state index contributed by atoms with van der Waals surface area (Å²) in [6.45, 7) is 7.05. The van der Waals surface area contributed by atoms with Gasteiger partial charge in [-0.1, -0.05) is 6.54 Å². The molecule has 0 amide bonds. The Kier molecular flexibility index (Phi) is 9.47. The molecule has 0 saturated carbocycles. The molecule has 0 aliphatic carbocycles. The zero-order valence-corrected chi connectivity index (χ0v) is 10.8. The molecule has 0 bridgehead atoms. The normalized spacial score (nSPS) is 27.0. The summed E-state index contributed by atoms with van der Waals surface area (Å²) < 4.78 is 0. The van der Waals surface area contributed by atoms with E-state index in [9.17, 15) is 0 Å². The van der Waals surface area contributed by atoms with Gasteiger partial charge in [-0.05, 0) is 7.05 Å². The third-order valence-electron chi connectivity index (χ3n) is 0.988. The summed E-state index contributed by atoms with van der Waals surface area (Å²) in [6, 6.07) is 0. The molecular weight excluding hydrogens is 252 g/mol. The van der Waals surface area contributed by atoms with Crippen molar-refractivity contribution >= 4 is 0 Å². The molecule has 1 saturated heterocycles. The van der Waals surface area contributed by atoms with Crippen LogP contribution in [0.2, 0.25) is 0 Å². The Morgan fingerprint density at radius 2 is 2.00 bits per heavy atom. The van der Waals surface area contributed by atoms with E-state index in [4.69, 9.17) is 0 Å². The summed E-state index contributed by atoms with van der Waals surface area (Å²) in [7, 11) is 2.06. The summed E-state index contributed by atoms with van der Waals surface area (Å²) >= 11 is 0. The van der Waals surface area contributed by atoms with Gasteiger partial charge in [0.2, 0.25) is 0 Å². The summed E-state index contributed by atoms with van der Waals surface area (Å²) in [5.74, 6) is 0.593. The summed E-state index contributed by atoms with van der Waals surface area (Å²) in [4.78, 5) is 2.14. The van der Waals surface area contributed by atoms with Crippen molar-refractivity contribution in [2.24, 2.45) is 5.92 Å². The Labute approximate surface area is 102 Å². The van der Waals surface area contributed by atoms with E-state index in [-0.39, 0.29) is 65.4 Å². The van der Waals surface area contributed by atoms with Crippen molar-refractivity contribution in [1.29, 1.82) is 0 Å². The van der Waals surface area contributed by atoms with Crippen molar-refractivity contribution in [3.8, 4) is 0 Å². The first kappa shape index (κ1) is 12.8. The van der Waals surface area contributed by atoms with Gasteiger partial charge in [0.05, 0.1) is 0 Å². The maximum absolute atomic E-state index is 3.80. The van der Waals surface area contributed by atoms with E-state index in [1.54, 1.807) is 0 Å². The maximum atomic E-state index is 3.80. The molecule has 3 heteroatoms. The van der Waals surface area contributed by atoms with Gasteiger partial charge >= 0.3 is 0 Å². The topological polar surface area (TPSA) is 3.24 Å². The fourth-order valence-electron chi connectivity index (χ4n) is 0.700. The summed E-state index contributed by atoms with van der Waals surface area (Å²) in [5.41, 5.74) is 0. The third-order valence-corrected chi connectivity index (χ3v) is 0.988. The molecule has 1 atom stereocenters. The smallest absolute Gasteiger partial charge is 0 e. The van der Waals surface area contributed by atoms with Crippen molar-refractivity contribution in [2.45, 2.75) is 0 Å². The molecule has 8 heavy (non-hydrogen) atoms. The van der Waals surface area contributed by atoms with Crippen LogP contribution in [-0.2, 0) is 65.4 Å². The van der Waals surface area contributed by atoms with Crippen molar-refractivity contribution in [3.05, 3.63) is 13.5 Å². The first-order valence-corrected chi connectivity index (χ1v) is 2.17. The maximum Gasteiger partial charge on any atom is 0 e. The van der Waals surface area contributed by atoms with Crippen LogP contribution >= 0.6 is 0 Å². The van der Waals surface area contributed by atoms with E-state index in [1.807, 2.05) is 0 Å². The van der Waals surface area contributed by atoms with E-state index in [1.165, 1.54) is 0 Å². The Morgan fingerprint density at radius 1 is 1.62 bits per heavy atom. The van der Waals surface area contributed by atoms with Crippen molar-refractivity contribution < 1.29 is 65.4 Å². The number of hydrogen-bond donors (Lipinski definition) is 0. The van der Waals surface area contributed by atoms with Crippen LogP contribution in [0.5, 0.6) is 0 Å². The van der Waals surface area contributed by atoms with Gasteiger partial charge in [-0.25, -0.2) is 0 Å². The molecule has 1 heterocycles. The average molecular weight is 261 g/mol. The first-order chi connectivity index (χ1) is 2.79. The van der Waals surface area contributed by atoms with Gasteiger partial charge in [0.15, 0.2) is 0 Å². The van der Waals surface area contributed by atoms with Gasteiger partial charge in [0, 0.05) is 65.4 Å². The van der Waals surface area contributed by atoms with Gasteiger partial charge in [0.1, 0.15) is 0 Å². The van der Waals surface area contributed by atoms with Gasteiger partial charge in [-0.2, -0.15) is 0 Å². The monoisotopic (exact) mass is 261 g/mol. The molecule has 1 aliphatic rings. The van der Waals surface area contributed by atoms with Gasteiger partial charge in [-0.15, -0.1) is 0 Å². The van der Waals surface area contributed by atoms with Crippen molar-refractivity contribution in [1.82, 2.24) is 4.90 Å². The zero-order chi connectivity index (χ0) is 4.57. The van der Waals surface area contributed by atoms with Crippen molar-refractivity contribution in [2.75, 3.05) is 13.6 Å². The molecule has 1 nitrogen and oxygen atoms in total. The van der Waals surface area contributed by atoms with Crippen LogP contribution in [0.25, 0.3) is 0 Å². The molecule has 0 spiro atoms. The van der Waals surface area contributed by atoms with Crippen LogP contribution in [0.15, 0.2) is 0 Å². The minimum Gasteiger partial charge on any atom is -0.465 e. The Morgan fingerprint density at radius 3 is 2.00 bits per heavy atom. The van der Waals surface area contributed by atoms with Crippen LogP contribution < -0.4 is 0 Å². The predicted octanol–water partition coefficient (Wildman–Crippen LogP) is 0.539.